The maximum Gasteiger partial charge on any atom is 0.282 e. The number of aromatic nitrogens is 4. The molecule has 0 bridgehead atoms. The van der Waals surface area contributed by atoms with E-state index in [2.05, 4.69) is 24.7 Å². The van der Waals surface area contributed by atoms with Gasteiger partial charge >= 0.3 is 0 Å². The van der Waals surface area contributed by atoms with Crippen LogP contribution in [0.15, 0.2) is 30.6 Å². The first-order chi connectivity index (χ1) is 14.7. The summed E-state index contributed by atoms with van der Waals surface area (Å²) in [5.41, 5.74) is 2.49. The number of piperidine rings is 1. The van der Waals surface area contributed by atoms with Crippen LogP contribution < -0.4 is 9.62 Å². The average Bonchev–Trinajstić information content (AvgIpc) is 3.15. The predicted molar refractivity (Wildman–Crippen MR) is 114 cm³/mol. The molecule has 1 atom stereocenters. The maximum atomic E-state index is 13.1. The molecule has 31 heavy (non-hydrogen) atoms. The second kappa shape index (κ2) is 8.46. The molecule has 1 aliphatic rings. The highest BCUT2D eigenvalue weighted by molar-refractivity contribution is 7.88. The van der Waals surface area contributed by atoms with Crippen LogP contribution in [-0.4, -0.2) is 53.9 Å². The molecule has 3 aromatic rings. The smallest absolute Gasteiger partial charge is 0.282 e. The van der Waals surface area contributed by atoms with Gasteiger partial charge in [-0.05, 0) is 49.4 Å². The standard InChI is InChI=1S/C20H24F2N6O2S/c1-13-9-23-19(27-7-3-4-14(12-27)10-25-31(2,29)30)8-15(13)17-11-24-18-6-5-16(20(21)22)26-28(17)18/h5-6,8-9,11,14,20,25H,3-4,7,10,12H2,1-2H3. The maximum absolute atomic E-state index is 13.1. The predicted octanol–water partition coefficient (Wildman–Crippen LogP) is 2.80. The fourth-order valence-corrected chi connectivity index (χ4v) is 4.40. The van der Waals surface area contributed by atoms with E-state index >= 15 is 0 Å². The monoisotopic (exact) mass is 450 g/mol. The molecular formula is C20H24F2N6O2S. The Morgan fingerprint density at radius 1 is 1.26 bits per heavy atom. The number of hydrogen-bond acceptors (Lipinski definition) is 6. The van der Waals surface area contributed by atoms with E-state index < -0.39 is 16.4 Å². The molecule has 4 rings (SSSR count). The Labute approximate surface area is 179 Å². The molecule has 0 aromatic carbocycles. The summed E-state index contributed by atoms with van der Waals surface area (Å²) >= 11 is 0. The van der Waals surface area contributed by atoms with Crippen LogP contribution in [0.1, 0.15) is 30.5 Å². The first kappa shape index (κ1) is 21.6. The first-order valence-electron chi connectivity index (χ1n) is 10.0. The largest absolute Gasteiger partial charge is 0.356 e. The Balaban J connectivity index is 1.63. The van der Waals surface area contributed by atoms with Gasteiger partial charge < -0.3 is 4.90 Å². The second-order valence-electron chi connectivity index (χ2n) is 7.90. The minimum Gasteiger partial charge on any atom is -0.356 e. The highest BCUT2D eigenvalue weighted by atomic mass is 32.2. The molecule has 11 heteroatoms. The van der Waals surface area contributed by atoms with E-state index in [0.29, 0.717) is 24.4 Å². The Hall–Kier alpha value is -2.66. The van der Waals surface area contributed by atoms with Gasteiger partial charge in [-0.25, -0.2) is 36.4 Å². The zero-order valence-electron chi connectivity index (χ0n) is 17.3. The Morgan fingerprint density at radius 2 is 2.06 bits per heavy atom. The number of hydrogen-bond donors (Lipinski definition) is 1. The number of halogens is 2. The highest BCUT2D eigenvalue weighted by Gasteiger charge is 2.23. The van der Waals surface area contributed by atoms with Crippen molar-refractivity contribution < 1.29 is 17.2 Å². The van der Waals surface area contributed by atoms with Gasteiger partial charge in [0, 0.05) is 31.4 Å². The summed E-state index contributed by atoms with van der Waals surface area (Å²) in [5.74, 6) is 0.936. The van der Waals surface area contributed by atoms with Crippen LogP contribution in [0.5, 0.6) is 0 Å². The van der Waals surface area contributed by atoms with Gasteiger partial charge in [0.15, 0.2) is 5.65 Å². The molecular weight excluding hydrogens is 426 g/mol. The number of nitrogens with zero attached hydrogens (tertiary/aromatic N) is 5. The van der Waals surface area contributed by atoms with E-state index in [9.17, 15) is 17.2 Å². The van der Waals surface area contributed by atoms with Gasteiger partial charge in [0.2, 0.25) is 10.0 Å². The van der Waals surface area contributed by atoms with Crippen LogP contribution in [0.2, 0.25) is 0 Å². The van der Waals surface area contributed by atoms with Crippen molar-refractivity contribution in [2.45, 2.75) is 26.2 Å². The van der Waals surface area contributed by atoms with E-state index in [4.69, 9.17) is 0 Å². The minimum atomic E-state index is -3.23. The summed E-state index contributed by atoms with van der Waals surface area (Å²) in [6, 6.07) is 4.72. The number of aryl methyl sites for hydroxylation is 1. The SMILES string of the molecule is Cc1cnc(N2CCCC(CNS(C)(=O)=O)C2)cc1-c1cnc2ccc(C(F)F)nn12. The third kappa shape index (κ3) is 4.82. The third-order valence-electron chi connectivity index (χ3n) is 5.45. The molecule has 0 radical (unpaired) electrons. The molecule has 3 aromatic heterocycles. The Kier molecular flexibility index (Phi) is 5.89. The zero-order chi connectivity index (χ0) is 22.2. The zero-order valence-corrected chi connectivity index (χ0v) is 18.1. The lowest BCUT2D eigenvalue weighted by atomic mass is 9.98. The summed E-state index contributed by atoms with van der Waals surface area (Å²) in [6.07, 6.45) is 3.73. The van der Waals surface area contributed by atoms with E-state index in [1.807, 2.05) is 13.0 Å². The molecule has 0 saturated carbocycles. The summed E-state index contributed by atoms with van der Waals surface area (Å²) in [5, 5.41) is 4.06. The van der Waals surface area contributed by atoms with Gasteiger partial charge in [0.25, 0.3) is 6.43 Å². The molecule has 0 spiro atoms. The van der Waals surface area contributed by atoms with Crippen molar-refractivity contribution in [3.05, 3.63) is 41.9 Å². The lowest BCUT2D eigenvalue weighted by Gasteiger charge is -2.33. The van der Waals surface area contributed by atoms with Crippen molar-refractivity contribution in [3.8, 4) is 11.3 Å². The van der Waals surface area contributed by atoms with Gasteiger partial charge in [-0.2, -0.15) is 5.10 Å². The molecule has 0 aliphatic carbocycles. The lowest BCUT2D eigenvalue weighted by Crippen LogP contribution is -2.41. The van der Waals surface area contributed by atoms with Crippen LogP contribution in [0.25, 0.3) is 16.9 Å². The lowest BCUT2D eigenvalue weighted by molar-refractivity contribution is 0.144. The number of alkyl halides is 2. The third-order valence-corrected chi connectivity index (χ3v) is 6.14. The second-order valence-corrected chi connectivity index (χ2v) is 9.74. The molecule has 1 unspecified atom stereocenters. The summed E-state index contributed by atoms with van der Waals surface area (Å²) in [6.45, 7) is 3.78. The van der Waals surface area contributed by atoms with Gasteiger partial charge in [-0.3, -0.25) is 0 Å². The van der Waals surface area contributed by atoms with Crippen molar-refractivity contribution >= 4 is 21.5 Å². The van der Waals surface area contributed by atoms with Crippen LogP contribution >= 0.6 is 0 Å². The van der Waals surface area contributed by atoms with Crippen LogP contribution in [0, 0.1) is 12.8 Å². The molecule has 1 aliphatic heterocycles. The fourth-order valence-electron chi connectivity index (χ4n) is 3.86. The number of imidazole rings is 1. The van der Waals surface area contributed by atoms with Crippen molar-refractivity contribution in [1.82, 2.24) is 24.3 Å². The highest BCUT2D eigenvalue weighted by Crippen LogP contribution is 2.29. The molecule has 1 saturated heterocycles. The fraction of sp³-hybridized carbons (Fsp3) is 0.450. The number of nitrogens with one attached hydrogen (secondary N) is 1. The molecule has 1 N–H and O–H groups in total. The number of sulfonamides is 1. The van der Waals surface area contributed by atoms with E-state index in [0.717, 1.165) is 42.6 Å². The van der Waals surface area contributed by atoms with E-state index in [1.165, 1.54) is 16.6 Å². The molecule has 166 valence electrons. The van der Waals surface area contributed by atoms with Crippen LogP contribution in [0.3, 0.4) is 0 Å². The van der Waals surface area contributed by atoms with Crippen LogP contribution in [0.4, 0.5) is 14.6 Å². The summed E-state index contributed by atoms with van der Waals surface area (Å²) < 4.78 is 53.1. The van der Waals surface area contributed by atoms with Crippen molar-refractivity contribution in [3.63, 3.8) is 0 Å². The van der Waals surface area contributed by atoms with Crippen molar-refractivity contribution in [2.75, 3.05) is 30.8 Å². The van der Waals surface area contributed by atoms with Gasteiger partial charge in [-0.15, -0.1) is 0 Å². The quantitative estimate of drug-likeness (QED) is 0.621. The topological polar surface area (TPSA) is 92.5 Å². The first-order valence-corrected chi connectivity index (χ1v) is 11.9. The molecule has 4 heterocycles. The number of rotatable bonds is 6. The number of pyridine rings is 1. The van der Waals surface area contributed by atoms with Crippen molar-refractivity contribution in [1.29, 1.82) is 0 Å². The van der Waals surface area contributed by atoms with E-state index in [1.54, 1.807) is 12.4 Å². The van der Waals surface area contributed by atoms with Crippen LogP contribution in [-0.2, 0) is 10.0 Å². The molecule has 1 fully saturated rings. The summed E-state index contributed by atoms with van der Waals surface area (Å²) in [4.78, 5) is 11.0. The Bertz CT molecular complexity index is 1200. The number of anilines is 1. The average molecular weight is 451 g/mol. The van der Waals surface area contributed by atoms with E-state index in [-0.39, 0.29) is 11.6 Å². The summed E-state index contributed by atoms with van der Waals surface area (Å²) in [7, 11) is -3.23. The normalized spacial score (nSPS) is 17.6. The van der Waals surface area contributed by atoms with Gasteiger partial charge in [-0.1, -0.05) is 0 Å². The molecule has 0 amide bonds. The minimum absolute atomic E-state index is 0.182. The molecule has 8 nitrogen and oxygen atoms in total. The van der Waals surface area contributed by atoms with Gasteiger partial charge in [0.1, 0.15) is 11.5 Å². The Morgan fingerprint density at radius 3 is 2.81 bits per heavy atom. The van der Waals surface area contributed by atoms with Crippen molar-refractivity contribution in [2.24, 2.45) is 5.92 Å². The number of fused-ring (bicyclic) bond motifs is 1. The van der Waals surface area contributed by atoms with Gasteiger partial charge in [0.05, 0.1) is 18.1 Å².